The van der Waals surface area contributed by atoms with Crippen molar-refractivity contribution in [2.24, 2.45) is 35.3 Å². The Morgan fingerprint density at radius 2 is 1.64 bits per heavy atom. The zero-order valence-corrected chi connectivity index (χ0v) is 29.6. The van der Waals surface area contributed by atoms with Crippen LogP contribution in [-0.2, 0) is 25.5 Å². The van der Waals surface area contributed by atoms with Gasteiger partial charge in [0.25, 0.3) is 0 Å². The maximum absolute atomic E-state index is 13.5. The summed E-state index contributed by atoms with van der Waals surface area (Å²) in [5, 5.41) is 14.3. The molecule has 1 aliphatic heterocycles. The second kappa shape index (κ2) is 20.9. The van der Waals surface area contributed by atoms with Gasteiger partial charge in [-0.05, 0) is 60.6 Å². The third-order valence-electron chi connectivity index (χ3n) is 8.68. The van der Waals surface area contributed by atoms with Crippen molar-refractivity contribution in [2.75, 3.05) is 53.7 Å². The summed E-state index contributed by atoms with van der Waals surface area (Å²) in [6.07, 6.45) is 1.52. The quantitative estimate of drug-likeness (QED) is 0.190. The average molecular weight is 658 g/mol. The molecule has 0 radical (unpaired) electrons. The summed E-state index contributed by atoms with van der Waals surface area (Å²) < 4.78 is 22.0. The van der Waals surface area contributed by atoms with Gasteiger partial charge in [-0.25, -0.2) is 0 Å². The lowest BCUT2D eigenvalue weighted by atomic mass is 9.80. The van der Waals surface area contributed by atoms with Gasteiger partial charge in [0.15, 0.2) is 11.5 Å². The summed E-state index contributed by atoms with van der Waals surface area (Å²) in [6, 6.07) is 4.85. The summed E-state index contributed by atoms with van der Waals surface area (Å²) in [5.74, 6) is 1.02. The number of amides is 2. The van der Waals surface area contributed by atoms with Gasteiger partial charge in [-0.15, -0.1) is 12.4 Å². The average Bonchev–Trinajstić information content (AvgIpc) is 2.99. The number of halogens is 1. The van der Waals surface area contributed by atoms with E-state index in [2.05, 4.69) is 19.2 Å². The van der Waals surface area contributed by atoms with Crippen molar-refractivity contribution in [1.29, 1.82) is 0 Å². The zero-order valence-electron chi connectivity index (χ0n) is 28.8. The standard InChI is InChI=1S/C34H59N3O7.ClH/c1-22(2)26(18-25-10-11-30(42-8)31(19-25)44-15-9-14-41-7)20-28(35)29(38)21-27(23(3)4)33(39)36-32(24(5)6)34(40)37-12-16-43-17-13-37;/h10-11,19,22-24,26-29,32,38H,9,12-18,20-21,35H2,1-8H3,(H,36,39);1H/t26-,27-,28-,29-,32-;/m0./s1. The van der Waals surface area contributed by atoms with Crippen LogP contribution >= 0.6 is 12.4 Å². The molecule has 4 N–H and O–H groups in total. The minimum atomic E-state index is -0.864. The molecule has 2 amide bonds. The number of hydrogen-bond donors (Lipinski definition) is 3. The van der Waals surface area contributed by atoms with Gasteiger partial charge in [-0.2, -0.15) is 0 Å². The topological polar surface area (TPSA) is 133 Å². The molecule has 1 heterocycles. The maximum Gasteiger partial charge on any atom is 0.245 e. The summed E-state index contributed by atoms with van der Waals surface area (Å²) in [5.41, 5.74) is 7.72. The highest BCUT2D eigenvalue weighted by Crippen LogP contribution is 2.32. The predicted molar refractivity (Wildman–Crippen MR) is 180 cm³/mol. The van der Waals surface area contributed by atoms with Gasteiger partial charge in [-0.3, -0.25) is 9.59 Å². The SMILES string of the molecule is COCCCOc1cc(C[C@@H](C[C@H](N)[C@@H](O)C[C@H](C(=O)N[C@H](C(=O)N2CCOCC2)C(C)C)C(C)C)C(C)C)ccc1OC.Cl. The van der Waals surface area contributed by atoms with Crippen LogP contribution in [0.5, 0.6) is 11.5 Å². The summed E-state index contributed by atoms with van der Waals surface area (Å²) in [4.78, 5) is 28.5. The molecule has 260 valence electrons. The number of hydrogen-bond acceptors (Lipinski definition) is 8. The van der Waals surface area contributed by atoms with Gasteiger partial charge in [-0.1, -0.05) is 47.6 Å². The largest absolute Gasteiger partial charge is 0.493 e. The smallest absolute Gasteiger partial charge is 0.245 e. The molecule has 0 unspecified atom stereocenters. The van der Waals surface area contributed by atoms with Gasteiger partial charge < -0.3 is 40.0 Å². The van der Waals surface area contributed by atoms with Gasteiger partial charge in [0, 0.05) is 45.2 Å². The van der Waals surface area contributed by atoms with Gasteiger partial charge in [0.1, 0.15) is 6.04 Å². The molecule has 2 rings (SSSR count). The molecular weight excluding hydrogens is 598 g/mol. The van der Waals surface area contributed by atoms with Crippen LogP contribution in [-0.4, -0.2) is 93.7 Å². The predicted octanol–water partition coefficient (Wildman–Crippen LogP) is 4.09. The number of aliphatic hydroxyl groups is 1. The molecule has 0 saturated carbocycles. The van der Waals surface area contributed by atoms with Crippen molar-refractivity contribution in [3.8, 4) is 11.5 Å². The Kier molecular flexibility index (Phi) is 19.0. The Bertz CT molecular complexity index is 1000. The van der Waals surface area contributed by atoms with Crippen LogP contribution in [0.2, 0.25) is 0 Å². The fourth-order valence-corrected chi connectivity index (χ4v) is 5.62. The first kappa shape index (κ1) is 40.9. The van der Waals surface area contributed by atoms with Crippen molar-refractivity contribution in [3.05, 3.63) is 23.8 Å². The number of benzene rings is 1. The van der Waals surface area contributed by atoms with Crippen LogP contribution in [0.3, 0.4) is 0 Å². The Balaban J connectivity index is 0.0000101. The van der Waals surface area contributed by atoms with Gasteiger partial charge in [0.05, 0.1) is 33.0 Å². The number of rotatable bonds is 19. The molecule has 0 aromatic heterocycles. The molecule has 1 saturated heterocycles. The number of nitrogens with two attached hydrogens (primary N) is 1. The minimum Gasteiger partial charge on any atom is -0.493 e. The van der Waals surface area contributed by atoms with E-state index in [-0.39, 0.29) is 48.4 Å². The summed E-state index contributed by atoms with van der Waals surface area (Å²) >= 11 is 0. The number of methoxy groups -OCH3 is 2. The first-order valence-corrected chi connectivity index (χ1v) is 16.3. The third kappa shape index (κ3) is 13.3. The van der Waals surface area contributed by atoms with E-state index in [1.54, 1.807) is 19.1 Å². The highest BCUT2D eigenvalue weighted by molar-refractivity contribution is 5.89. The first-order valence-electron chi connectivity index (χ1n) is 16.3. The van der Waals surface area contributed by atoms with Crippen molar-refractivity contribution in [2.45, 2.75) is 85.4 Å². The maximum atomic E-state index is 13.5. The fraction of sp³-hybridized carbons (Fsp3) is 0.765. The van der Waals surface area contributed by atoms with Gasteiger partial charge >= 0.3 is 0 Å². The van der Waals surface area contributed by atoms with Crippen LogP contribution in [0.4, 0.5) is 0 Å². The van der Waals surface area contributed by atoms with Crippen LogP contribution in [0.25, 0.3) is 0 Å². The van der Waals surface area contributed by atoms with Crippen LogP contribution in [0.15, 0.2) is 18.2 Å². The minimum absolute atomic E-state index is 0. The van der Waals surface area contributed by atoms with E-state index in [4.69, 9.17) is 24.7 Å². The van der Waals surface area contributed by atoms with E-state index in [1.807, 2.05) is 45.9 Å². The lowest BCUT2D eigenvalue weighted by Crippen LogP contribution is -2.55. The molecule has 1 aromatic carbocycles. The van der Waals surface area contributed by atoms with Crippen molar-refractivity contribution >= 4 is 24.2 Å². The van der Waals surface area contributed by atoms with E-state index in [1.165, 1.54) is 0 Å². The third-order valence-corrected chi connectivity index (χ3v) is 8.68. The summed E-state index contributed by atoms with van der Waals surface area (Å²) in [6.45, 7) is 15.3. The lowest BCUT2D eigenvalue weighted by Gasteiger charge is -2.34. The molecule has 10 nitrogen and oxygen atoms in total. The molecule has 0 aliphatic carbocycles. The normalized spacial score (nSPS) is 17.0. The number of nitrogens with one attached hydrogen (secondary N) is 1. The fourth-order valence-electron chi connectivity index (χ4n) is 5.62. The number of nitrogens with zero attached hydrogens (tertiary/aromatic N) is 1. The number of carbonyl (C=O) groups is 2. The van der Waals surface area contributed by atoms with Crippen LogP contribution in [0.1, 0.15) is 66.4 Å². The summed E-state index contributed by atoms with van der Waals surface area (Å²) in [7, 11) is 3.30. The molecular formula is C34H60ClN3O7. The van der Waals surface area contributed by atoms with Crippen molar-refractivity contribution < 1.29 is 33.6 Å². The number of carbonyl (C=O) groups excluding carboxylic acids is 2. The highest BCUT2D eigenvalue weighted by Gasteiger charge is 2.34. The molecule has 0 spiro atoms. The molecule has 0 bridgehead atoms. The Labute approximate surface area is 277 Å². The van der Waals surface area contributed by atoms with E-state index in [0.29, 0.717) is 63.4 Å². The number of aliphatic hydroxyl groups excluding tert-OH is 1. The highest BCUT2D eigenvalue weighted by atomic mass is 35.5. The molecule has 45 heavy (non-hydrogen) atoms. The zero-order chi connectivity index (χ0) is 32.8. The van der Waals surface area contributed by atoms with Crippen LogP contribution < -0.4 is 20.5 Å². The van der Waals surface area contributed by atoms with Crippen molar-refractivity contribution in [3.63, 3.8) is 0 Å². The number of morpholine rings is 1. The number of ether oxygens (including phenoxy) is 4. The van der Waals surface area contributed by atoms with E-state index < -0.39 is 24.1 Å². The van der Waals surface area contributed by atoms with E-state index >= 15 is 0 Å². The Morgan fingerprint density at radius 1 is 0.978 bits per heavy atom. The Hall–Kier alpha value is -2.11. The monoisotopic (exact) mass is 657 g/mol. The molecule has 1 aliphatic rings. The van der Waals surface area contributed by atoms with Gasteiger partial charge in [0.2, 0.25) is 11.8 Å². The second-order valence-electron chi connectivity index (χ2n) is 13.1. The van der Waals surface area contributed by atoms with E-state index in [9.17, 15) is 14.7 Å². The van der Waals surface area contributed by atoms with Crippen molar-refractivity contribution in [1.82, 2.24) is 10.2 Å². The van der Waals surface area contributed by atoms with Crippen LogP contribution in [0, 0.1) is 29.6 Å². The lowest BCUT2D eigenvalue weighted by molar-refractivity contribution is -0.142. The molecule has 5 atom stereocenters. The Morgan fingerprint density at radius 3 is 2.20 bits per heavy atom. The second-order valence-corrected chi connectivity index (χ2v) is 13.1. The molecule has 1 aromatic rings. The van der Waals surface area contributed by atoms with E-state index in [0.717, 1.165) is 18.4 Å². The molecule has 1 fully saturated rings. The molecule has 11 heteroatoms. The first-order chi connectivity index (χ1) is 20.9.